The van der Waals surface area contributed by atoms with Gasteiger partial charge in [-0.05, 0) is 65.2 Å². The van der Waals surface area contributed by atoms with E-state index in [2.05, 4.69) is 179 Å². The Morgan fingerprint density at radius 2 is 1.13 bits per heavy atom. The molecular weight excluding hydrogens is 691 g/mol. The molecule has 0 saturated heterocycles. The molecule has 0 atom stereocenters. The first-order chi connectivity index (χ1) is 27.2. The van der Waals surface area contributed by atoms with Crippen LogP contribution in [0.5, 0.6) is 5.75 Å². The lowest BCUT2D eigenvalue weighted by Crippen LogP contribution is -1.99. The number of nitrogens with zero attached hydrogens (tertiary/aromatic N) is 3. The Kier molecular flexibility index (Phi) is 7.22. The van der Waals surface area contributed by atoms with E-state index >= 15 is 0 Å². The lowest BCUT2D eigenvalue weighted by molar-refractivity contribution is 0.415. The number of methoxy groups -OCH3 is 1. The summed E-state index contributed by atoms with van der Waals surface area (Å²) in [7, 11) is 1.78. The predicted molar refractivity (Wildman–Crippen MR) is 231 cm³/mol. The summed E-state index contributed by atoms with van der Waals surface area (Å²) in [5, 5.41) is 5.15. The normalized spacial score (nSPS) is 11.7. The molecule has 0 spiro atoms. The molecule has 3 aromatic heterocycles. The molecule has 4 nitrogen and oxygen atoms in total. The molecule has 0 aliphatic heterocycles. The Morgan fingerprint density at radius 1 is 0.473 bits per heavy atom. The highest BCUT2D eigenvalue weighted by molar-refractivity contribution is 7.26. The first kappa shape index (κ1) is 31.6. The second-order valence-corrected chi connectivity index (χ2v) is 14.9. The highest BCUT2D eigenvalue weighted by Gasteiger charge is 2.21. The van der Waals surface area contributed by atoms with E-state index < -0.39 is 0 Å². The zero-order valence-corrected chi connectivity index (χ0v) is 30.8. The van der Waals surface area contributed by atoms with Crippen molar-refractivity contribution >= 4 is 64.3 Å². The van der Waals surface area contributed by atoms with Crippen LogP contribution in [-0.2, 0) is 0 Å². The van der Waals surface area contributed by atoms with Gasteiger partial charge in [-0.2, -0.15) is 0 Å². The molecule has 0 fully saturated rings. The van der Waals surface area contributed by atoms with Crippen LogP contribution in [0.4, 0.5) is 0 Å². The molecule has 0 N–H and O–H groups in total. The van der Waals surface area contributed by atoms with Crippen molar-refractivity contribution in [2.75, 3.05) is 7.11 Å². The van der Waals surface area contributed by atoms with E-state index in [-0.39, 0.29) is 0 Å². The fourth-order valence-electron chi connectivity index (χ4n) is 8.35. The van der Waals surface area contributed by atoms with Crippen LogP contribution in [0.1, 0.15) is 0 Å². The van der Waals surface area contributed by atoms with Crippen molar-refractivity contribution in [2.45, 2.75) is 0 Å². The smallest absolute Gasteiger partial charge is 0.150 e. The highest BCUT2D eigenvalue weighted by Crippen LogP contribution is 2.45. The molecule has 11 aromatic rings. The summed E-state index contributed by atoms with van der Waals surface area (Å²) in [5.41, 5.74) is 12.0. The van der Waals surface area contributed by atoms with Gasteiger partial charge in [-0.15, -0.1) is 11.3 Å². The van der Waals surface area contributed by atoms with Crippen LogP contribution in [0.25, 0.3) is 98.0 Å². The van der Waals surface area contributed by atoms with Crippen LogP contribution < -0.4 is 4.74 Å². The fourth-order valence-corrected chi connectivity index (χ4v) is 9.61. The summed E-state index contributed by atoms with van der Waals surface area (Å²) in [6.45, 7) is 0. The lowest BCUT2D eigenvalue weighted by atomic mass is 9.98. The van der Waals surface area contributed by atoms with Crippen molar-refractivity contribution in [3.8, 4) is 50.8 Å². The zero-order chi connectivity index (χ0) is 36.5. The third-order valence-electron chi connectivity index (χ3n) is 10.9. The van der Waals surface area contributed by atoms with Crippen molar-refractivity contribution < 1.29 is 4.74 Å². The minimum absolute atomic E-state index is 0.847. The Morgan fingerprint density at radius 3 is 1.91 bits per heavy atom. The van der Waals surface area contributed by atoms with Crippen molar-refractivity contribution in [1.29, 1.82) is 0 Å². The van der Waals surface area contributed by atoms with E-state index in [0.29, 0.717) is 0 Å². The molecule has 0 saturated carbocycles. The SMILES string of the molecule is COc1c(-c2ccc(-c3ccc(-c4nc5ccccc5n4-c4ccccc4)cc3)cc2)cccc1-n1c2ccccc2c2c3sc4ccccc4c3ccc21. The molecule has 8 aromatic carbocycles. The van der Waals surface area contributed by atoms with Crippen molar-refractivity contribution in [3.05, 3.63) is 182 Å². The summed E-state index contributed by atoms with van der Waals surface area (Å²) in [6.07, 6.45) is 0. The molecule has 11 rings (SSSR count). The van der Waals surface area contributed by atoms with Gasteiger partial charge in [0.2, 0.25) is 0 Å². The van der Waals surface area contributed by atoms with Gasteiger partial charge in [0.25, 0.3) is 0 Å². The maximum Gasteiger partial charge on any atom is 0.150 e. The van der Waals surface area contributed by atoms with Gasteiger partial charge < -0.3 is 9.30 Å². The molecule has 0 aliphatic carbocycles. The maximum atomic E-state index is 6.30. The Labute approximate surface area is 321 Å². The summed E-state index contributed by atoms with van der Waals surface area (Å²) in [6, 6.07) is 64.8. The lowest BCUT2D eigenvalue weighted by Gasteiger charge is -2.17. The Balaban J connectivity index is 0.975. The molecule has 0 bridgehead atoms. The average molecular weight is 724 g/mol. The number of hydrogen-bond donors (Lipinski definition) is 0. The standard InChI is InChI=1S/C50H33N3OS/c1-54-48-37(16-11-20-45(48)53-42-18-8-5-15-40(42)47-44(53)31-30-39-38-14-6-10-21-46(38)55-49(39)47)34-26-22-32(23-27-34)33-24-28-35(29-25-33)50-51-41-17-7-9-19-43(41)52(50)36-12-3-2-4-13-36/h2-31H,1H3. The second kappa shape index (κ2) is 12.6. The number of para-hydroxylation sites is 5. The number of benzene rings is 8. The van der Waals surface area contributed by atoms with Crippen LogP contribution in [-0.4, -0.2) is 21.2 Å². The molecule has 3 heterocycles. The number of ether oxygens (including phenoxy) is 1. The summed E-state index contributed by atoms with van der Waals surface area (Å²) < 4.78 is 13.5. The molecular formula is C50H33N3OS. The minimum Gasteiger partial charge on any atom is -0.494 e. The van der Waals surface area contributed by atoms with Crippen molar-refractivity contribution in [3.63, 3.8) is 0 Å². The minimum atomic E-state index is 0.847. The van der Waals surface area contributed by atoms with Gasteiger partial charge in [0.05, 0.1) is 34.9 Å². The topological polar surface area (TPSA) is 32.0 Å². The molecule has 0 amide bonds. The number of thiophene rings is 1. The first-order valence-electron chi connectivity index (χ1n) is 18.5. The highest BCUT2D eigenvalue weighted by atomic mass is 32.1. The van der Waals surface area contributed by atoms with Gasteiger partial charge in [0, 0.05) is 47.8 Å². The summed E-state index contributed by atoms with van der Waals surface area (Å²) in [4.78, 5) is 5.05. The fraction of sp³-hybridized carbons (Fsp3) is 0.0200. The van der Waals surface area contributed by atoms with Gasteiger partial charge in [-0.25, -0.2) is 4.98 Å². The van der Waals surface area contributed by atoms with E-state index in [1.807, 2.05) is 23.5 Å². The van der Waals surface area contributed by atoms with Crippen LogP contribution in [0.15, 0.2) is 182 Å². The van der Waals surface area contributed by atoms with Crippen LogP contribution in [0.3, 0.4) is 0 Å². The quantitative estimate of drug-likeness (QED) is 0.171. The Hall–Kier alpha value is -6.95. The zero-order valence-electron chi connectivity index (χ0n) is 30.0. The first-order valence-corrected chi connectivity index (χ1v) is 19.3. The number of aromatic nitrogens is 3. The van der Waals surface area contributed by atoms with E-state index in [0.717, 1.165) is 67.3 Å². The maximum absolute atomic E-state index is 6.30. The van der Waals surface area contributed by atoms with Gasteiger partial charge >= 0.3 is 0 Å². The third-order valence-corrected chi connectivity index (χ3v) is 12.1. The molecule has 0 aliphatic rings. The molecule has 55 heavy (non-hydrogen) atoms. The van der Waals surface area contributed by atoms with Crippen LogP contribution >= 0.6 is 11.3 Å². The number of imidazole rings is 1. The predicted octanol–water partition coefficient (Wildman–Crippen LogP) is 13.5. The van der Waals surface area contributed by atoms with Gasteiger partial charge in [0.15, 0.2) is 5.75 Å². The number of rotatable bonds is 6. The van der Waals surface area contributed by atoms with Crippen molar-refractivity contribution in [2.24, 2.45) is 0 Å². The van der Waals surface area contributed by atoms with Gasteiger partial charge in [-0.3, -0.25) is 4.57 Å². The molecule has 0 radical (unpaired) electrons. The third kappa shape index (κ3) is 4.94. The van der Waals surface area contributed by atoms with E-state index in [1.54, 1.807) is 7.11 Å². The molecule has 5 heteroatoms. The average Bonchev–Trinajstić information content (AvgIpc) is 3.94. The van der Waals surface area contributed by atoms with Crippen LogP contribution in [0.2, 0.25) is 0 Å². The molecule has 0 unspecified atom stereocenters. The summed E-state index contributed by atoms with van der Waals surface area (Å²) in [5.74, 6) is 1.78. The Bertz CT molecular complexity index is 3230. The van der Waals surface area contributed by atoms with Gasteiger partial charge in [0.1, 0.15) is 5.82 Å². The largest absolute Gasteiger partial charge is 0.494 e. The summed E-state index contributed by atoms with van der Waals surface area (Å²) >= 11 is 1.88. The monoisotopic (exact) mass is 723 g/mol. The van der Waals surface area contributed by atoms with Gasteiger partial charge in [-0.1, -0.05) is 133 Å². The second-order valence-electron chi connectivity index (χ2n) is 13.9. The number of fused-ring (bicyclic) bond motifs is 8. The van der Waals surface area contributed by atoms with E-state index in [1.165, 1.54) is 36.5 Å². The van der Waals surface area contributed by atoms with E-state index in [4.69, 9.17) is 9.72 Å². The van der Waals surface area contributed by atoms with E-state index in [9.17, 15) is 0 Å². The van der Waals surface area contributed by atoms with Crippen LogP contribution in [0, 0.1) is 0 Å². The van der Waals surface area contributed by atoms with Crippen molar-refractivity contribution in [1.82, 2.24) is 14.1 Å². The number of hydrogen-bond acceptors (Lipinski definition) is 3. The molecule has 260 valence electrons.